The third-order valence-electron chi connectivity index (χ3n) is 2.71. The Balaban J connectivity index is 3.97. The van der Waals surface area contributed by atoms with E-state index >= 15 is 0 Å². The number of rotatable bonds is 10. The van der Waals surface area contributed by atoms with Gasteiger partial charge in [-0.2, -0.15) is 0 Å². The molecule has 0 spiro atoms. The molecule has 0 aromatic heterocycles. The predicted molar refractivity (Wildman–Crippen MR) is 65.0 cm³/mol. The molecule has 5 heteroatoms. The van der Waals surface area contributed by atoms with Gasteiger partial charge in [-0.1, -0.05) is 33.1 Å². The molecule has 0 saturated heterocycles. The Morgan fingerprint density at radius 3 is 2.06 bits per heavy atom. The molecule has 0 aromatic carbocycles. The Bertz CT molecular complexity index is 227. The van der Waals surface area contributed by atoms with Gasteiger partial charge in [-0.3, -0.25) is 14.5 Å². The van der Waals surface area contributed by atoms with E-state index in [0.29, 0.717) is 12.5 Å². The smallest absolute Gasteiger partial charge is 0.317 e. The molecule has 0 fully saturated rings. The van der Waals surface area contributed by atoms with Gasteiger partial charge in [0.25, 0.3) is 0 Å². The van der Waals surface area contributed by atoms with Crippen molar-refractivity contribution in [2.45, 2.75) is 39.5 Å². The lowest BCUT2D eigenvalue weighted by atomic mass is 10.0. The van der Waals surface area contributed by atoms with E-state index in [0.717, 1.165) is 19.3 Å². The molecule has 0 bridgehead atoms. The largest absolute Gasteiger partial charge is 0.480 e. The average molecular weight is 245 g/mol. The van der Waals surface area contributed by atoms with Crippen LogP contribution in [0.3, 0.4) is 0 Å². The highest BCUT2D eigenvalue weighted by Crippen LogP contribution is 2.12. The van der Waals surface area contributed by atoms with Crippen LogP contribution in [0.2, 0.25) is 0 Å². The zero-order chi connectivity index (χ0) is 13.3. The molecular formula is C12H23NO4. The van der Waals surface area contributed by atoms with Gasteiger partial charge in [0.05, 0.1) is 13.1 Å². The molecule has 2 N–H and O–H groups in total. The quantitative estimate of drug-likeness (QED) is 0.612. The second-order valence-electron chi connectivity index (χ2n) is 4.53. The van der Waals surface area contributed by atoms with Crippen molar-refractivity contribution in [3.8, 4) is 0 Å². The van der Waals surface area contributed by atoms with Crippen LogP contribution in [-0.4, -0.2) is 46.7 Å². The van der Waals surface area contributed by atoms with Crippen LogP contribution in [-0.2, 0) is 9.59 Å². The van der Waals surface area contributed by atoms with Crippen LogP contribution in [0.25, 0.3) is 0 Å². The summed E-state index contributed by atoms with van der Waals surface area (Å²) in [6.45, 7) is 4.38. The van der Waals surface area contributed by atoms with Gasteiger partial charge < -0.3 is 10.2 Å². The molecule has 0 aliphatic rings. The van der Waals surface area contributed by atoms with Crippen molar-refractivity contribution in [3.05, 3.63) is 0 Å². The SMILES string of the molecule is CCCCC(C)CCN(CC(=O)O)CC(=O)O. The standard InChI is InChI=1S/C12H23NO4/c1-3-4-5-10(2)6-7-13(8-11(14)15)9-12(16)17/h10H,3-9H2,1-2H3,(H,14,15)(H,16,17). The van der Waals surface area contributed by atoms with E-state index in [1.807, 2.05) is 0 Å². The molecular weight excluding hydrogens is 222 g/mol. The van der Waals surface area contributed by atoms with Gasteiger partial charge in [-0.05, 0) is 18.9 Å². The van der Waals surface area contributed by atoms with Crippen LogP contribution >= 0.6 is 0 Å². The van der Waals surface area contributed by atoms with E-state index in [1.165, 1.54) is 11.3 Å². The third-order valence-corrected chi connectivity index (χ3v) is 2.71. The monoisotopic (exact) mass is 245 g/mol. The molecule has 0 aliphatic carbocycles. The molecule has 0 heterocycles. The Labute approximate surface area is 102 Å². The lowest BCUT2D eigenvalue weighted by Crippen LogP contribution is -2.35. The Morgan fingerprint density at radius 1 is 1.12 bits per heavy atom. The summed E-state index contributed by atoms with van der Waals surface area (Å²) in [6.07, 6.45) is 4.28. The maximum Gasteiger partial charge on any atom is 0.317 e. The number of hydrogen-bond donors (Lipinski definition) is 2. The highest BCUT2D eigenvalue weighted by molar-refractivity contribution is 5.72. The van der Waals surface area contributed by atoms with Gasteiger partial charge in [0, 0.05) is 0 Å². The summed E-state index contributed by atoms with van der Waals surface area (Å²) in [5.74, 6) is -1.44. The lowest BCUT2D eigenvalue weighted by Gasteiger charge is -2.20. The summed E-state index contributed by atoms with van der Waals surface area (Å²) < 4.78 is 0. The van der Waals surface area contributed by atoms with Crippen molar-refractivity contribution in [1.82, 2.24) is 4.90 Å². The van der Waals surface area contributed by atoms with Crippen molar-refractivity contribution in [3.63, 3.8) is 0 Å². The zero-order valence-electron chi connectivity index (χ0n) is 10.7. The van der Waals surface area contributed by atoms with Gasteiger partial charge in [0.2, 0.25) is 0 Å². The molecule has 0 aliphatic heterocycles. The van der Waals surface area contributed by atoms with E-state index in [2.05, 4.69) is 13.8 Å². The number of aliphatic carboxylic acids is 2. The van der Waals surface area contributed by atoms with Gasteiger partial charge in [-0.15, -0.1) is 0 Å². The Morgan fingerprint density at radius 2 is 1.65 bits per heavy atom. The molecule has 0 rings (SSSR count). The van der Waals surface area contributed by atoms with Crippen LogP contribution in [0.15, 0.2) is 0 Å². The highest BCUT2D eigenvalue weighted by atomic mass is 16.4. The minimum atomic E-state index is -0.979. The summed E-state index contributed by atoms with van der Waals surface area (Å²) in [6, 6.07) is 0. The molecule has 100 valence electrons. The van der Waals surface area contributed by atoms with Crippen molar-refractivity contribution >= 4 is 11.9 Å². The molecule has 1 unspecified atom stereocenters. The second kappa shape index (κ2) is 8.98. The van der Waals surface area contributed by atoms with Crippen LogP contribution in [0.5, 0.6) is 0 Å². The van der Waals surface area contributed by atoms with Crippen molar-refractivity contribution < 1.29 is 19.8 Å². The van der Waals surface area contributed by atoms with Gasteiger partial charge in [0.15, 0.2) is 0 Å². The Hall–Kier alpha value is -1.10. The first-order valence-electron chi connectivity index (χ1n) is 6.11. The van der Waals surface area contributed by atoms with Crippen LogP contribution in [0, 0.1) is 5.92 Å². The van der Waals surface area contributed by atoms with Crippen LogP contribution < -0.4 is 0 Å². The van der Waals surface area contributed by atoms with E-state index in [4.69, 9.17) is 10.2 Å². The van der Waals surface area contributed by atoms with Crippen molar-refractivity contribution in [2.75, 3.05) is 19.6 Å². The van der Waals surface area contributed by atoms with E-state index in [9.17, 15) is 9.59 Å². The van der Waals surface area contributed by atoms with Crippen molar-refractivity contribution in [1.29, 1.82) is 0 Å². The molecule has 0 saturated carbocycles. The number of carboxylic acids is 2. The van der Waals surface area contributed by atoms with Gasteiger partial charge >= 0.3 is 11.9 Å². The Kier molecular flexibility index (Phi) is 8.40. The average Bonchev–Trinajstić information content (AvgIpc) is 2.21. The first-order valence-corrected chi connectivity index (χ1v) is 6.11. The van der Waals surface area contributed by atoms with Crippen LogP contribution in [0.4, 0.5) is 0 Å². The zero-order valence-corrected chi connectivity index (χ0v) is 10.7. The molecule has 17 heavy (non-hydrogen) atoms. The number of unbranched alkanes of at least 4 members (excludes halogenated alkanes) is 1. The highest BCUT2D eigenvalue weighted by Gasteiger charge is 2.14. The first-order chi connectivity index (χ1) is 7.95. The third kappa shape index (κ3) is 9.81. The molecule has 0 radical (unpaired) electrons. The summed E-state index contributed by atoms with van der Waals surface area (Å²) >= 11 is 0. The van der Waals surface area contributed by atoms with E-state index in [1.54, 1.807) is 0 Å². The molecule has 1 atom stereocenters. The molecule has 0 aromatic rings. The van der Waals surface area contributed by atoms with Gasteiger partial charge in [-0.25, -0.2) is 0 Å². The van der Waals surface area contributed by atoms with E-state index < -0.39 is 11.9 Å². The minimum Gasteiger partial charge on any atom is -0.480 e. The topological polar surface area (TPSA) is 77.8 Å². The first kappa shape index (κ1) is 15.9. The maximum atomic E-state index is 10.6. The van der Waals surface area contributed by atoms with Crippen LogP contribution in [0.1, 0.15) is 39.5 Å². The predicted octanol–water partition coefficient (Wildman–Crippen LogP) is 1.67. The summed E-state index contributed by atoms with van der Waals surface area (Å²) in [5, 5.41) is 17.3. The maximum absolute atomic E-state index is 10.6. The summed E-state index contributed by atoms with van der Waals surface area (Å²) in [7, 11) is 0. The number of nitrogens with zero attached hydrogens (tertiary/aromatic N) is 1. The fourth-order valence-corrected chi connectivity index (χ4v) is 1.70. The number of carboxylic acid groups (broad SMARTS) is 2. The summed E-state index contributed by atoms with van der Waals surface area (Å²) in [5.41, 5.74) is 0. The minimum absolute atomic E-state index is 0.202. The molecule has 0 amide bonds. The number of hydrogen-bond acceptors (Lipinski definition) is 3. The fourth-order valence-electron chi connectivity index (χ4n) is 1.70. The van der Waals surface area contributed by atoms with E-state index in [-0.39, 0.29) is 13.1 Å². The fraction of sp³-hybridized carbons (Fsp3) is 0.833. The molecule has 5 nitrogen and oxygen atoms in total. The number of carbonyl (C=O) groups is 2. The second-order valence-corrected chi connectivity index (χ2v) is 4.53. The summed E-state index contributed by atoms with van der Waals surface area (Å²) in [4.78, 5) is 22.6. The normalized spacial score (nSPS) is 12.6. The van der Waals surface area contributed by atoms with Crippen molar-refractivity contribution in [2.24, 2.45) is 5.92 Å². The lowest BCUT2D eigenvalue weighted by molar-refractivity contribution is -0.141. The van der Waals surface area contributed by atoms with Gasteiger partial charge in [0.1, 0.15) is 0 Å².